The van der Waals surface area contributed by atoms with Crippen LogP contribution in [0.3, 0.4) is 0 Å². The molecule has 8 nitrogen and oxygen atoms in total. The first-order valence-corrected chi connectivity index (χ1v) is 10.6. The third-order valence-electron chi connectivity index (χ3n) is 6.08. The topological polar surface area (TPSA) is 93.8 Å². The Morgan fingerprint density at radius 1 is 0.794 bits per heavy atom. The number of rotatable bonds is 4. The lowest BCUT2D eigenvalue weighted by Gasteiger charge is -2.14. The van der Waals surface area contributed by atoms with Gasteiger partial charge in [0, 0.05) is 5.56 Å². The average molecular weight is 448 g/mol. The SMILES string of the molecule is O=C(Cn1c(=O)c2ccccc2n2cncc12)c1ccc(N2C(=O)c3ccccc3C2=O)cc1. The Morgan fingerprint density at radius 2 is 1.44 bits per heavy atom. The monoisotopic (exact) mass is 448 g/mol. The summed E-state index contributed by atoms with van der Waals surface area (Å²) in [6, 6.07) is 20.1. The zero-order valence-corrected chi connectivity index (χ0v) is 17.7. The molecule has 6 rings (SSSR count). The molecule has 2 amide bonds. The number of imide groups is 1. The second kappa shape index (κ2) is 7.35. The van der Waals surface area contributed by atoms with Gasteiger partial charge in [-0.25, -0.2) is 9.88 Å². The van der Waals surface area contributed by atoms with Crippen LogP contribution in [0, 0.1) is 0 Å². The van der Waals surface area contributed by atoms with Crippen molar-refractivity contribution < 1.29 is 14.4 Å². The highest BCUT2D eigenvalue weighted by atomic mass is 16.2. The van der Waals surface area contributed by atoms with E-state index in [1.165, 1.54) is 4.57 Å². The molecular formula is C26H16N4O4. The molecule has 8 heteroatoms. The lowest BCUT2D eigenvalue weighted by molar-refractivity contribution is 0.0924. The van der Waals surface area contributed by atoms with Crippen LogP contribution in [0.4, 0.5) is 5.69 Å². The highest BCUT2D eigenvalue weighted by molar-refractivity contribution is 6.34. The molecule has 0 saturated carbocycles. The predicted molar refractivity (Wildman–Crippen MR) is 125 cm³/mol. The van der Waals surface area contributed by atoms with Crippen LogP contribution in [0.15, 0.2) is 90.1 Å². The zero-order chi connectivity index (χ0) is 23.4. The van der Waals surface area contributed by atoms with Gasteiger partial charge < -0.3 is 0 Å². The number of hydrogen-bond acceptors (Lipinski definition) is 5. The second-order valence-corrected chi connectivity index (χ2v) is 7.99. The predicted octanol–water partition coefficient (Wildman–Crippen LogP) is 3.33. The Morgan fingerprint density at radius 3 is 2.15 bits per heavy atom. The van der Waals surface area contributed by atoms with E-state index < -0.39 is 11.8 Å². The van der Waals surface area contributed by atoms with Crippen LogP contribution in [0.2, 0.25) is 0 Å². The number of aromatic nitrogens is 3. The van der Waals surface area contributed by atoms with E-state index in [-0.39, 0.29) is 17.9 Å². The van der Waals surface area contributed by atoms with Gasteiger partial charge in [-0.15, -0.1) is 0 Å². The molecule has 0 saturated heterocycles. The fourth-order valence-electron chi connectivity index (χ4n) is 4.40. The third kappa shape index (κ3) is 2.82. The standard InChI is InChI=1S/C26H16N4O4/c31-22(14-28-23-13-27-15-29(23)21-8-4-3-7-20(21)24(28)32)16-9-11-17(12-10-16)30-25(33)18-5-1-2-6-19(18)26(30)34/h1-13,15H,14H2. The maximum atomic E-state index is 13.1. The summed E-state index contributed by atoms with van der Waals surface area (Å²) in [6.45, 7) is -0.175. The highest BCUT2D eigenvalue weighted by Crippen LogP contribution is 2.28. The van der Waals surface area contributed by atoms with Crippen molar-refractivity contribution in [3.05, 3.63) is 112 Å². The molecule has 0 spiro atoms. The molecule has 5 aromatic rings. The molecule has 0 aliphatic carbocycles. The van der Waals surface area contributed by atoms with Crippen molar-refractivity contribution in [2.24, 2.45) is 0 Å². The van der Waals surface area contributed by atoms with Crippen LogP contribution in [-0.4, -0.2) is 31.5 Å². The first-order chi connectivity index (χ1) is 16.5. The Bertz CT molecular complexity index is 1680. The summed E-state index contributed by atoms with van der Waals surface area (Å²) in [7, 11) is 0. The van der Waals surface area contributed by atoms with Gasteiger partial charge in [0.15, 0.2) is 5.78 Å². The van der Waals surface area contributed by atoms with Gasteiger partial charge in [-0.05, 0) is 48.5 Å². The number of fused-ring (bicyclic) bond motifs is 4. The summed E-state index contributed by atoms with van der Waals surface area (Å²) in [5.74, 6) is -1.08. The number of para-hydroxylation sites is 1. The number of anilines is 1. The van der Waals surface area contributed by atoms with Crippen molar-refractivity contribution in [1.29, 1.82) is 0 Å². The first kappa shape index (κ1) is 19.8. The smallest absolute Gasteiger partial charge is 0.266 e. The molecule has 0 bridgehead atoms. The summed E-state index contributed by atoms with van der Waals surface area (Å²) < 4.78 is 3.17. The first-order valence-electron chi connectivity index (χ1n) is 10.6. The minimum absolute atomic E-state index is 0.175. The second-order valence-electron chi connectivity index (χ2n) is 7.99. The number of nitrogens with zero attached hydrogens (tertiary/aromatic N) is 4. The molecule has 34 heavy (non-hydrogen) atoms. The number of carbonyl (C=O) groups is 3. The lowest BCUT2D eigenvalue weighted by atomic mass is 10.1. The van der Waals surface area contributed by atoms with E-state index in [2.05, 4.69) is 4.98 Å². The summed E-state index contributed by atoms with van der Waals surface area (Å²) in [5.41, 5.74) is 2.40. The Hall–Kier alpha value is -4.85. The van der Waals surface area contributed by atoms with Gasteiger partial charge in [0.2, 0.25) is 0 Å². The molecule has 0 N–H and O–H groups in total. The molecule has 3 aromatic carbocycles. The number of hydrogen-bond donors (Lipinski definition) is 0. The molecular weight excluding hydrogens is 432 g/mol. The van der Waals surface area contributed by atoms with E-state index in [4.69, 9.17) is 0 Å². The highest BCUT2D eigenvalue weighted by Gasteiger charge is 2.36. The molecule has 2 aromatic heterocycles. The molecule has 1 aliphatic heterocycles. The van der Waals surface area contributed by atoms with E-state index in [9.17, 15) is 19.2 Å². The Balaban J connectivity index is 1.32. The zero-order valence-electron chi connectivity index (χ0n) is 17.7. The Labute approximate surface area is 192 Å². The van der Waals surface area contributed by atoms with Crippen molar-refractivity contribution in [1.82, 2.24) is 14.0 Å². The minimum Gasteiger partial charge on any atom is -0.292 e. The van der Waals surface area contributed by atoms with Crippen LogP contribution in [-0.2, 0) is 6.54 Å². The van der Waals surface area contributed by atoms with Crippen molar-refractivity contribution in [3.8, 4) is 0 Å². The maximum absolute atomic E-state index is 13.1. The van der Waals surface area contributed by atoms with Crippen LogP contribution in [0.5, 0.6) is 0 Å². The quantitative estimate of drug-likeness (QED) is 0.311. The largest absolute Gasteiger partial charge is 0.292 e. The lowest BCUT2D eigenvalue weighted by Crippen LogP contribution is -2.29. The third-order valence-corrected chi connectivity index (χ3v) is 6.08. The number of ketones is 1. The average Bonchev–Trinajstić information content (AvgIpc) is 3.45. The molecule has 0 radical (unpaired) electrons. The van der Waals surface area contributed by atoms with Gasteiger partial charge in [-0.3, -0.25) is 28.1 Å². The van der Waals surface area contributed by atoms with Crippen LogP contribution < -0.4 is 10.5 Å². The fraction of sp³-hybridized carbons (Fsp3) is 0.0385. The van der Waals surface area contributed by atoms with E-state index in [0.717, 1.165) is 4.90 Å². The van der Waals surface area contributed by atoms with E-state index in [1.807, 2.05) is 12.1 Å². The summed E-state index contributed by atoms with van der Waals surface area (Å²) in [4.78, 5) is 56.8. The Kier molecular flexibility index (Phi) is 4.28. The van der Waals surface area contributed by atoms with Crippen LogP contribution >= 0.6 is 0 Å². The summed E-state index contributed by atoms with van der Waals surface area (Å²) in [6.07, 6.45) is 3.15. The van der Waals surface area contributed by atoms with E-state index in [0.29, 0.717) is 38.9 Å². The molecule has 164 valence electrons. The fourth-order valence-corrected chi connectivity index (χ4v) is 4.40. The number of benzene rings is 3. The normalized spacial score (nSPS) is 13.1. The summed E-state index contributed by atoms with van der Waals surface area (Å²) >= 11 is 0. The summed E-state index contributed by atoms with van der Waals surface area (Å²) in [5, 5.41) is 0.488. The van der Waals surface area contributed by atoms with E-state index in [1.54, 1.807) is 77.6 Å². The van der Waals surface area contributed by atoms with Gasteiger partial charge in [-0.1, -0.05) is 24.3 Å². The van der Waals surface area contributed by atoms with Crippen molar-refractivity contribution in [2.45, 2.75) is 6.54 Å². The van der Waals surface area contributed by atoms with Gasteiger partial charge in [0.05, 0.1) is 40.5 Å². The van der Waals surface area contributed by atoms with Crippen molar-refractivity contribution >= 4 is 39.8 Å². The molecule has 1 aliphatic rings. The van der Waals surface area contributed by atoms with Gasteiger partial charge in [0.25, 0.3) is 17.4 Å². The maximum Gasteiger partial charge on any atom is 0.266 e. The molecule has 0 unspecified atom stereocenters. The van der Waals surface area contributed by atoms with Crippen molar-refractivity contribution in [2.75, 3.05) is 4.90 Å². The van der Waals surface area contributed by atoms with Gasteiger partial charge in [-0.2, -0.15) is 0 Å². The molecule has 0 atom stereocenters. The molecule has 0 fully saturated rings. The van der Waals surface area contributed by atoms with Crippen LogP contribution in [0.25, 0.3) is 16.6 Å². The molecule has 3 heterocycles. The van der Waals surface area contributed by atoms with Gasteiger partial charge in [0.1, 0.15) is 12.0 Å². The van der Waals surface area contributed by atoms with E-state index >= 15 is 0 Å². The number of amides is 2. The minimum atomic E-state index is -0.398. The number of imidazole rings is 1. The van der Waals surface area contributed by atoms with Gasteiger partial charge >= 0.3 is 0 Å². The number of Topliss-reactive ketones (excluding diaryl/α,β-unsaturated/α-hetero) is 1. The van der Waals surface area contributed by atoms with Crippen LogP contribution in [0.1, 0.15) is 31.1 Å². The number of carbonyl (C=O) groups excluding carboxylic acids is 3. The van der Waals surface area contributed by atoms with Crippen molar-refractivity contribution in [3.63, 3.8) is 0 Å².